The number of carbonyl (C=O) groups excluding carboxylic acids is 1. The molecular weight excluding hydrogens is 270 g/mol. The van der Waals surface area contributed by atoms with E-state index in [1.807, 2.05) is 6.92 Å². The third-order valence-corrected chi connectivity index (χ3v) is 3.13. The average Bonchev–Trinajstić information content (AvgIpc) is 2.37. The van der Waals surface area contributed by atoms with Crippen molar-refractivity contribution < 1.29 is 9.72 Å². The number of hydrogen-bond donors (Lipinski definition) is 2. The van der Waals surface area contributed by atoms with Gasteiger partial charge in [-0.05, 0) is 24.6 Å². The van der Waals surface area contributed by atoms with Gasteiger partial charge in [0.1, 0.15) is 5.02 Å². The first-order chi connectivity index (χ1) is 8.97. The standard InChI is InChI=1S/C12H16ClN3O3/c1-2-8(7-14)5-12(17)15-9-3-4-10(13)11(6-9)16(18)19/h3-4,6,8H,2,5,7,14H2,1H3,(H,15,17). The van der Waals surface area contributed by atoms with E-state index in [2.05, 4.69) is 5.32 Å². The van der Waals surface area contributed by atoms with Crippen LogP contribution in [0.3, 0.4) is 0 Å². The predicted octanol–water partition coefficient (Wildman–Crippen LogP) is 2.56. The van der Waals surface area contributed by atoms with Gasteiger partial charge < -0.3 is 11.1 Å². The lowest BCUT2D eigenvalue weighted by molar-refractivity contribution is -0.384. The van der Waals surface area contributed by atoms with Crippen molar-refractivity contribution in [2.24, 2.45) is 11.7 Å². The molecule has 1 aromatic rings. The van der Waals surface area contributed by atoms with E-state index in [9.17, 15) is 14.9 Å². The first kappa shape index (κ1) is 15.4. The molecule has 0 aliphatic carbocycles. The Hall–Kier alpha value is -1.66. The van der Waals surface area contributed by atoms with Crippen molar-refractivity contribution in [3.63, 3.8) is 0 Å². The molecule has 104 valence electrons. The normalized spacial score (nSPS) is 11.9. The van der Waals surface area contributed by atoms with Crippen LogP contribution in [0.1, 0.15) is 19.8 Å². The molecule has 0 saturated heterocycles. The van der Waals surface area contributed by atoms with Gasteiger partial charge in [-0.1, -0.05) is 24.9 Å². The van der Waals surface area contributed by atoms with Crippen LogP contribution in [0.5, 0.6) is 0 Å². The van der Waals surface area contributed by atoms with E-state index in [4.69, 9.17) is 17.3 Å². The lowest BCUT2D eigenvalue weighted by Gasteiger charge is -2.12. The number of nitro benzene ring substituents is 1. The number of nitrogens with one attached hydrogen (secondary N) is 1. The monoisotopic (exact) mass is 285 g/mol. The number of anilines is 1. The Morgan fingerprint density at radius 2 is 2.26 bits per heavy atom. The molecule has 6 nitrogen and oxygen atoms in total. The Morgan fingerprint density at radius 1 is 1.58 bits per heavy atom. The zero-order valence-electron chi connectivity index (χ0n) is 10.6. The van der Waals surface area contributed by atoms with Crippen molar-refractivity contribution in [3.8, 4) is 0 Å². The first-order valence-electron chi connectivity index (χ1n) is 5.91. The van der Waals surface area contributed by atoms with Crippen molar-refractivity contribution >= 4 is 28.9 Å². The minimum Gasteiger partial charge on any atom is -0.330 e. The maximum Gasteiger partial charge on any atom is 0.289 e. The molecule has 1 rings (SSSR count). The number of benzene rings is 1. The largest absolute Gasteiger partial charge is 0.330 e. The van der Waals surface area contributed by atoms with Crippen LogP contribution in [0, 0.1) is 16.0 Å². The average molecular weight is 286 g/mol. The smallest absolute Gasteiger partial charge is 0.289 e. The fourth-order valence-electron chi connectivity index (χ4n) is 1.60. The number of rotatable bonds is 6. The highest BCUT2D eigenvalue weighted by molar-refractivity contribution is 6.32. The molecule has 0 aliphatic heterocycles. The quantitative estimate of drug-likeness (QED) is 0.620. The molecule has 0 spiro atoms. The van der Waals surface area contributed by atoms with Crippen molar-refractivity contribution in [2.75, 3.05) is 11.9 Å². The summed E-state index contributed by atoms with van der Waals surface area (Å²) in [7, 11) is 0. The van der Waals surface area contributed by atoms with Gasteiger partial charge in [-0.25, -0.2) is 0 Å². The van der Waals surface area contributed by atoms with Gasteiger partial charge in [-0.15, -0.1) is 0 Å². The van der Waals surface area contributed by atoms with E-state index >= 15 is 0 Å². The maximum absolute atomic E-state index is 11.7. The van der Waals surface area contributed by atoms with E-state index in [-0.39, 0.29) is 22.5 Å². The second-order valence-electron chi connectivity index (χ2n) is 4.19. The molecule has 19 heavy (non-hydrogen) atoms. The highest BCUT2D eigenvalue weighted by atomic mass is 35.5. The molecule has 1 aromatic carbocycles. The minimum absolute atomic E-state index is 0.0383. The van der Waals surface area contributed by atoms with Gasteiger partial charge in [0.25, 0.3) is 5.69 Å². The minimum atomic E-state index is -0.591. The summed E-state index contributed by atoms with van der Waals surface area (Å²) in [6, 6.07) is 4.15. The second kappa shape index (κ2) is 7.06. The molecule has 1 amide bonds. The Morgan fingerprint density at radius 3 is 2.79 bits per heavy atom. The number of nitro groups is 1. The van der Waals surface area contributed by atoms with E-state index in [0.717, 1.165) is 6.42 Å². The van der Waals surface area contributed by atoms with Crippen LogP contribution in [-0.2, 0) is 4.79 Å². The van der Waals surface area contributed by atoms with Gasteiger partial charge in [-0.2, -0.15) is 0 Å². The van der Waals surface area contributed by atoms with Gasteiger partial charge in [0.05, 0.1) is 4.92 Å². The molecule has 0 saturated carbocycles. The third-order valence-electron chi connectivity index (χ3n) is 2.81. The molecular formula is C12H16ClN3O3. The van der Waals surface area contributed by atoms with Crippen LogP contribution < -0.4 is 11.1 Å². The van der Waals surface area contributed by atoms with Gasteiger partial charge in [0, 0.05) is 18.2 Å². The maximum atomic E-state index is 11.7. The van der Waals surface area contributed by atoms with E-state index in [1.54, 1.807) is 0 Å². The summed E-state index contributed by atoms with van der Waals surface area (Å²) in [6.45, 7) is 2.39. The van der Waals surface area contributed by atoms with E-state index in [0.29, 0.717) is 18.7 Å². The molecule has 0 fully saturated rings. The molecule has 0 bridgehead atoms. The molecule has 0 heterocycles. The second-order valence-corrected chi connectivity index (χ2v) is 4.59. The zero-order chi connectivity index (χ0) is 14.4. The van der Waals surface area contributed by atoms with E-state index < -0.39 is 4.92 Å². The van der Waals surface area contributed by atoms with Crippen molar-refractivity contribution in [2.45, 2.75) is 19.8 Å². The van der Waals surface area contributed by atoms with Crippen LogP contribution >= 0.6 is 11.6 Å². The molecule has 0 aromatic heterocycles. The number of halogens is 1. The Bertz CT molecular complexity index is 475. The van der Waals surface area contributed by atoms with Crippen LogP contribution in [0.4, 0.5) is 11.4 Å². The van der Waals surface area contributed by atoms with Crippen molar-refractivity contribution in [3.05, 3.63) is 33.3 Å². The lowest BCUT2D eigenvalue weighted by atomic mass is 10.0. The summed E-state index contributed by atoms with van der Waals surface area (Å²) in [5, 5.41) is 13.4. The fraction of sp³-hybridized carbons (Fsp3) is 0.417. The summed E-state index contributed by atoms with van der Waals surface area (Å²) in [5.41, 5.74) is 5.65. The Kier molecular flexibility index (Phi) is 5.72. The van der Waals surface area contributed by atoms with Crippen LogP contribution in [0.25, 0.3) is 0 Å². The summed E-state index contributed by atoms with van der Waals surface area (Å²) in [5.74, 6) is -0.101. The zero-order valence-corrected chi connectivity index (χ0v) is 11.3. The van der Waals surface area contributed by atoms with Gasteiger partial charge in [0.2, 0.25) is 5.91 Å². The molecule has 3 N–H and O–H groups in total. The number of amides is 1. The molecule has 7 heteroatoms. The summed E-state index contributed by atoms with van der Waals surface area (Å²) in [6.07, 6.45) is 1.11. The predicted molar refractivity (Wildman–Crippen MR) is 74.2 cm³/mol. The first-order valence-corrected chi connectivity index (χ1v) is 6.29. The SMILES string of the molecule is CCC(CN)CC(=O)Nc1ccc(Cl)c([N+](=O)[O-])c1. The Labute approximate surface area is 116 Å². The number of hydrogen-bond acceptors (Lipinski definition) is 4. The Balaban J connectivity index is 2.74. The number of nitrogens with two attached hydrogens (primary N) is 1. The van der Waals surface area contributed by atoms with Crippen molar-refractivity contribution in [1.29, 1.82) is 0 Å². The fourth-order valence-corrected chi connectivity index (χ4v) is 1.79. The topological polar surface area (TPSA) is 98.3 Å². The van der Waals surface area contributed by atoms with Crippen LogP contribution in [-0.4, -0.2) is 17.4 Å². The highest BCUT2D eigenvalue weighted by Crippen LogP contribution is 2.27. The van der Waals surface area contributed by atoms with Gasteiger partial charge in [0.15, 0.2) is 0 Å². The van der Waals surface area contributed by atoms with Crippen LogP contribution in [0.2, 0.25) is 5.02 Å². The van der Waals surface area contributed by atoms with Crippen LogP contribution in [0.15, 0.2) is 18.2 Å². The number of nitrogens with zero attached hydrogens (tertiary/aromatic N) is 1. The van der Waals surface area contributed by atoms with Gasteiger partial charge in [-0.3, -0.25) is 14.9 Å². The van der Waals surface area contributed by atoms with Gasteiger partial charge >= 0.3 is 0 Å². The van der Waals surface area contributed by atoms with Crippen molar-refractivity contribution in [1.82, 2.24) is 0 Å². The molecule has 0 aliphatic rings. The lowest BCUT2D eigenvalue weighted by Crippen LogP contribution is -2.21. The summed E-state index contributed by atoms with van der Waals surface area (Å²) >= 11 is 5.69. The third kappa shape index (κ3) is 4.50. The highest BCUT2D eigenvalue weighted by Gasteiger charge is 2.15. The molecule has 1 atom stereocenters. The summed E-state index contributed by atoms with van der Waals surface area (Å²) < 4.78 is 0. The van der Waals surface area contributed by atoms with E-state index in [1.165, 1.54) is 18.2 Å². The molecule has 0 radical (unpaired) electrons. The molecule has 1 unspecified atom stereocenters. The number of carbonyl (C=O) groups is 1. The summed E-state index contributed by atoms with van der Waals surface area (Å²) in [4.78, 5) is 21.9.